The highest BCUT2D eigenvalue weighted by atomic mass is 32.1. The molecule has 4 rings (SSSR count). The van der Waals surface area contributed by atoms with Gasteiger partial charge in [0.05, 0.1) is 16.8 Å². The van der Waals surface area contributed by atoms with Gasteiger partial charge in [-0.25, -0.2) is 9.78 Å². The van der Waals surface area contributed by atoms with Gasteiger partial charge in [0.25, 0.3) is 5.91 Å². The molecule has 0 spiro atoms. The molecule has 4 aromatic rings. The molecule has 0 aliphatic heterocycles. The molecule has 7 heteroatoms. The van der Waals surface area contributed by atoms with Gasteiger partial charge in [0, 0.05) is 29.0 Å². The summed E-state index contributed by atoms with van der Waals surface area (Å²) in [7, 11) is 0. The van der Waals surface area contributed by atoms with E-state index in [9.17, 15) is 14.7 Å². The highest BCUT2D eigenvalue weighted by Crippen LogP contribution is 2.24. The molecule has 2 N–H and O–H groups in total. The number of carbonyl (C=O) groups is 2. The molecule has 0 aliphatic rings. The van der Waals surface area contributed by atoms with E-state index in [1.54, 1.807) is 29.5 Å². The van der Waals surface area contributed by atoms with E-state index in [1.807, 2.05) is 40.4 Å². The predicted octanol–water partition coefficient (Wildman–Crippen LogP) is 4.01. The molecule has 6 nitrogen and oxygen atoms in total. The first kappa shape index (κ1) is 16.0. The molecule has 0 fully saturated rings. The number of imidazole rings is 1. The number of hydrogen-bond donors (Lipinski definition) is 2. The van der Waals surface area contributed by atoms with Crippen molar-refractivity contribution in [1.29, 1.82) is 0 Å². The fourth-order valence-electron chi connectivity index (χ4n) is 2.69. The van der Waals surface area contributed by atoms with E-state index in [2.05, 4.69) is 10.3 Å². The van der Waals surface area contributed by atoms with Crippen LogP contribution in [0.1, 0.15) is 20.7 Å². The van der Waals surface area contributed by atoms with Crippen molar-refractivity contribution in [2.24, 2.45) is 0 Å². The Morgan fingerprint density at radius 3 is 2.65 bits per heavy atom. The maximum absolute atomic E-state index is 12.5. The van der Waals surface area contributed by atoms with Crippen LogP contribution in [0.2, 0.25) is 0 Å². The number of anilines is 1. The Labute approximate surface area is 152 Å². The smallest absolute Gasteiger partial charge is 0.336 e. The predicted molar refractivity (Wildman–Crippen MR) is 99.9 cm³/mol. The SMILES string of the molecule is O=C(O)c1ccccc1C(=O)Nc1cccc(-c2cn3ccsc3n2)c1. The van der Waals surface area contributed by atoms with Crippen LogP contribution in [0.25, 0.3) is 16.2 Å². The Hall–Kier alpha value is -3.45. The lowest BCUT2D eigenvalue weighted by molar-refractivity contribution is 0.0692. The van der Waals surface area contributed by atoms with Gasteiger partial charge in [-0.3, -0.25) is 9.20 Å². The van der Waals surface area contributed by atoms with Gasteiger partial charge >= 0.3 is 5.97 Å². The normalized spacial score (nSPS) is 10.8. The van der Waals surface area contributed by atoms with Gasteiger partial charge in [0.1, 0.15) is 0 Å². The highest BCUT2D eigenvalue weighted by molar-refractivity contribution is 7.15. The maximum Gasteiger partial charge on any atom is 0.336 e. The van der Waals surface area contributed by atoms with Gasteiger partial charge in [0.2, 0.25) is 0 Å². The Morgan fingerprint density at radius 1 is 1.08 bits per heavy atom. The Bertz CT molecular complexity index is 1100. The molecule has 2 aromatic carbocycles. The molecule has 0 atom stereocenters. The molecule has 0 aliphatic carbocycles. The number of fused-ring (bicyclic) bond motifs is 1. The zero-order valence-corrected chi connectivity index (χ0v) is 14.2. The van der Waals surface area contributed by atoms with Gasteiger partial charge in [0.15, 0.2) is 4.96 Å². The Balaban J connectivity index is 1.62. The number of nitrogens with zero attached hydrogens (tertiary/aromatic N) is 2. The standard InChI is InChI=1S/C19H13N3O3S/c23-17(14-6-1-2-7-15(14)18(24)25)20-13-5-3-4-12(10-13)16-11-22-8-9-26-19(22)21-16/h1-11H,(H,20,23)(H,24,25). The molecule has 2 aromatic heterocycles. The van der Waals surface area contributed by atoms with Crippen LogP contribution in [0, 0.1) is 0 Å². The second kappa shape index (κ2) is 6.45. The first-order valence-electron chi connectivity index (χ1n) is 7.78. The number of carboxylic acid groups (broad SMARTS) is 1. The Morgan fingerprint density at radius 2 is 1.88 bits per heavy atom. The lowest BCUT2D eigenvalue weighted by atomic mass is 10.1. The van der Waals surface area contributed by atoms with E-state index < -0.39 is 11.9 Å². The summed E-state index contributed by atoms with van der Waals surface area (Å²) in [5, 5.41) is 14.0. The van der Waals surface area contributed by atoms with Crippen LogP contribution in [0.4, 0.5) is 5.69 Å². The van der Waals surface area contributed by atoms with Gasteiger partial charge in [-0.15, -0.1) is 11.3 Å². The van der Waals surface area contributed by atoms with Crippen molar-refractivity contribution in [1.82, 2.24) is 9.38 Å². The average Bonchev–Trinajstić information content (AvgIpc) is 3.24. The maximum atomic E-state index is 12.5. The second-order valence-corrected chi connectivity index (χ2v) is 6.48. The summed E-state index contributed by atoms with van der Waals surface area (Å²) in [6.07, 6.45) is 3.86. The van der Waals surface area contributed by atoms with E-state index >= 15 is 0 Å². The first-order chi connectivity index (χ1) is 12.6. The third kappa shape index (κ3) is 2.96. The first-order valence-corrected chi connectivity index (χ1v) is 8.66. The lowest BCUT2D eigenvalue weighted by Crippen LogP contribution is -2.16. The van der Waals surface area contributed by atoms with Crippen LogP contribution in [0.5, 0.6) is 0 Å². The summed E-state index contributed by atoms with van der Waals surface area (Å²) in [5.41, 5.74) is 2.33. The molecular formula is C19H13N3O3S. The largest absolute Gasteiger partial charge is 0.478 e. The summed E-state index contributed by atoms with van der Waals surface area (Å²) in [5.74, 6) is -1.60. The van der Waals surface area contributed by atoms with E-state index in [0.717, 1.165) is 16.2 Å². The monoisotopic (exact) mass is 363 g/mol. The molecular weight excluding hydrogens is 350 g/mol. The van der Waals surface area contributed by atoms with Crippen LogP contribution in [-0.4, -0.2) is 26.4 Å². The van der Waals surface area contributed by atoms with Crippen molar-refractivity contribution < 1.29 is 14.7 Å². The van der Waals surface area contributed by atoms with Crippen LogP contribution in [0.15, 0.2) is 66.3 Å². The van der Waals surface area contributed by atoms with Crippen molar-refractivity contribution in [2.45, 2.75) is 0 Å². The minimum Gasteiger partial charge on any atom is -0.478 e. The number of aromatic carboxylic acids is 1. The van der Waals surface area contributed by atoms with Gasteiger partial charge < -0.3 is 10.4 Å². The highest BCUT2D eigenvalue weighted by Gasteiger charge is 2.16. The fourth-order valence-corrected chi connectivity index (χ4v) is 3.39. The molecule has 26 heavy (non-hydrogen) atoms. The summed E-state index contributed by atoms with van der Waals surface area (Å²) < 4.78 is 1.94. The molecule has 0 saturated heterocycles. The van der Waals surface area contributed by atoms with Crippen LogP contribution in [0.3, 0.4) is 0 Å². The van der Waals surface area contributed by atoms with Gasteiger partial charge in [-0.05, 0) is 24.3 Å². The number of carboxylic acids is 1. The number of rotatable bonds is 4. The van der Waals surface area contributed by atoms with E-state index in [0.29, 0.717) is 5.69 Å². The summed E-state index contributed by atoms with van der Waals surface area (Å²) in [6, 6.07) is 13.4. The molecule has 0 radical (unpaired) electrons. The van der Waals surface area contributed by atoms with Crippen molar-refractivity contribution in [2.75, 3.05) is 5.32 Å². The lowest BCUT2D eigenvalue weighted by Gasteiger charge is -2.08. The van der Waals surface area contributed by atoms with Crippen LogP contribution < -0.4 is 5.32 Å². The van der Waals surface area contributed by atoms with Crippen molar-refractivity contribution >= 4 is 33.9 Å². The van der Waals surface area contributed by atoms with E-state index in [4.69, 9.17) is 0 Å². The third-order valence-corrected chi connectivity index (χ3v) is 4.68. The quantitative estimate of drug-likeness (QED) is 0.574. The number of benzene rings is 2. The van der Waals surface area contributed by atoms with Gasteiger partial charge in [-0.1, -0.05) is 24.3 Å². The Kier molecular flexibility index (Phi) is 3.98. The zero-order chi connectivity index (χ0) is 18.1. The minimum atomic E-state index is -1.14. The molecule has 1 amide bonds. The molecule has 2 heterocycles. The zero-order valence-electron chi connectivity index (χ0n) is 13.4. The molecule has 0 saturated carbocycles. The van der Waals surface area contributed by atoms with Crippen molar-refractivity contribution in [3.63, 3.8) is 0 Å². The van der Waals surface area contributed by atoms with Crippen molar-refractivity contribution in [3.8, 4) is 11.3 Å². The number of nitrogens with one attached hydrogen (secondary N) is 1. The number of thiazole rings is 1. The minimum absolute atomic E-state index is 0.0320. The molecule has 0 bridgehead atoms. The summed E-state index contributed by atoms with van der Waals surface area (Å²) in [6.45, 7) is 0. The van der Waals surface area contributed by atoms with E-state index in [-0.39, 0.29) is 11.1 Å². The van der Waals surface area contributed by atoms with Crippen molar-refractivity contribution in [3.05, 3.63) is 77.4 Å². The van der Waals surface area contributed by atoms with E-state index in [1.165, 1.54) is 12.1 Å². The summed E-state index contributed by atoms with van der Waals surface area (Å²) >= 11 is 1.55. The topological polar surface area (TPSA) is 83.7 Å². The number of amides is 1. The second-order valence-electron chi connectivity index (χ2n) is 5.60. The average molecular weight is 363 g/mol. The fraction of sp³-hybridized carbons (Fsp3) is 0. The summed E-state index contributed by atoms with van der Waals surface area (Å²) in [4.78, 5) is 29.2. The van der Waals surface area contributed by atoms with Gasteiger partial charge in [-0.2, -0.15) is 0 Å². The number of carbonyl (C=O) groups excluding carboxylic acids is 1. The van der Waals surface area contributed by atoms with Crippen LogP contribution in [-0.2, 0) is 0 Å². The third-order valence-electron chi connectivity index (χ3n) is 3.91. The van der Waals surface area contributed by atoms with Crippen LogP contribution >= 0.6 is 11.3 Å². The molecule has 0 unspecified atom stereocenters. The number of hydrogen-bond acceptors (Lipinski definition) is 4. The molecule has 128 valence electrons. The number of aromatic nitrogens is 2.